The van der Waals surface area contributed by atoms with E-state index in [0.29, 0.717) is 6.42 Å². The Morgan fingerprint density at radius 2 is 1.93 bits per heavy atom. The van der Waals surface area contributed by atoms with Crippen molar-refractivity contribution in [3.8, 4) is 0 Å². The Balaban J connectivity index is 3.55. The molecule has 1 amide bonds. The second-order valence-electron chi connectivity index (χ2n) is 4.27. The molecule has 15 heavy (non-hydrogen) atoms. The molecular weight excluding hydrogens is 188 g/mol. The lowest BCUT2D eigenvalue weighted by Crippen LogP contribution is -2.44. The summed E-state index contributed by atoms with van der Waals surface area (Å²) in [5.41, 5.74) is 5.63. The van der Waals surface area contributed by atoms with E-state index >= 15 is 0 Å². The molecule has 1 unspecified atom stereocenters. The fraction of sp³-hybridized carbons (Fsp3) is 0.917. The average molecular weight is 214 g/mol. The van der Waals surface area contributed by atoms with E-state index in [0.717, 1.165) is 6.42 Å². The van der Waals surface area contributed by atoms with Gasteiger partial charge >= 0.3 is 0 Å². The molecule has 0 saturated heterocycles. The Morgan fingerprint density at radius 1 is 1.27 bits per heavy atom. The second-order valence-corrected chi connectivity index (χ2v) is 4.27. The molecule has 0 radical (unpaired) electrons. The Hall–Kier alpha value is -0.570. The van der Waals surface area contributed by atoms with Crippen molar-refractivity contribution >= 4 is 5.91 Å². The SMILES string of the molecule is CCCCCCC(C)NC(=O)[C@@H](N)CC. The number of hydrogen-bond donors (Lipinski definition) is 2. The lowest BCUT2D eigenvalue weighted by Gasteiger charge is -2.16. The van der Waals surface area contributed by atoms with Gasteiger partial charge in [-0.25, -0.2) is 0 Å². The lowest BCUT2D eigenvalue weighted by molar-refractivity contribution is -0.123. The first-order chi connectivity index (χ1) is 7.11. The molecular formula is C12H26N2O. The summed E-state index contributed by atoms with van der Waals surface area (Å²) < 4.78 is 0. The van der Waals surface area contributed by atoms with Crippen LogP contribution in [-0.2, 0) is 4.79 Å². The van der Waals surface area contributed by atoms with Crippen LogP contribution in [0.3, 0.4) is 0 Å². The number of nitrogens with two attached hydrogens (primary N) is 1. The third-order valence-electron chi connectivity index (χ3n) is 2.66. The zero-order chi connectivity index (χ0) is 11.7. The predicted molar refractivity (Wildman–Crippen MR) is 64.6 cm³/mol. The van der Waals surface area contributed by atoms with Crippen molar-refractivity contribution in [2.24, 2.45) is 5.73 Å². The van der Waals surface area contributed by atoms with Gasteiger partial charge in [0, 0.05) is 6.04 Å². The van der Waals surface area contributed by atoms with Crippen molar-refractivity contribution in [2.45, 2.75) is 71.4 Å². The van der Waals surface area contributed by atoms with Gasteiger partial charge in [-0.05, 0) is 19.8 Å². The van der Waals surface area contributed by atoms with Crippen LogP contribution in [0.25, 0.3) is 0 Å². The molecule has 0 heterocycles. The molecule has 2 atom stereocenters. The molecule has 0 bridgehead atoms. The van der Waals surface area contributed by atoms with E-state index in [1.165, 1.54) is 25.7 Å². The van der Waals surface area contributed by atoms with E-state index in [4.69, 9.17) is 5.73 Å². The second kappa shape index (κ2) is 8.72. The highest BCUT2D eigenvalue weighted by Crippen LogP contribution is 2.05. The molecule has 0 aliphatic carbocycles. The Labute approximate surface area is 93.8 Å². The summed E-state index contributed by atoms with van der Waals surface area (Å²) in [4.78, 5) is 11.4. The molecule has 0 aliphatic heterocycles. The van der Waals surface area contributed by atoms with Crippen LogP contribution in [0, 0.1) is 0 Å². The molecule has 0 aliphatic rings. The molecule has 3 nitrogen and oxygen atoms in total. The summed E-state index contributed by atoms with van der Waals surface area (Å²) in [5.74, 6) is -0.0134. The van der Waals surface area contributed by atoms with E-state index < -0.39 is 0 Å². The summed E-state index contributed by atoms with van der Waals surface area (Å²) in [6.45, 7) is 6.17. The number of unbranched alkanes of at least 4 members (excludes halogenated alkanes) is 3. The molecule has 0 aromatic carbocycles. The summed E-state index contributed by atoms with van der Waals surface area (Å²) >= 11 is 0. The zero-order valence-electron chi connectivity index (χ0n) is 10.4. The number of carbonyl (C=O) groups excluding carboxylic acids is 1. The van der Waals surface area contributed by atoms with Gasteiger partial charge in [0.1, 0.15) is 0 Å². The molecule has 0 saturated carbocycles. The van der Waals surface area contributed by atoms with Crippen LogP contribution in [0.1, 0.15) is 59.3 Å². The van der Waals surface area contributed by atoms with Crippen LogP contribution < -0.4 is 11.1 Å². The summed E-state index contributed by atoms with van der Waals surface area (Å²) in [5, 5.41) is 2.94. The van der Waals surface area contributed by atoms with E-state index in [9.17, 15) is 4.79 Å². The highest BCUT2D eigenvalue weighted by atomic mass is 16.2. The van der Waals surface area contributed by atoms with Crippen molar-refractivity contribution in [2.75, 3.05) is 0 Å². The van der Waals surface area contributed by atoms with Gasteiger partial charge < -0.3 is 11.1 Å². The fourth-order valence-corrected chi connectivity index (χ4v) is 1.48. The molecule has 0 spiro atoms. The predicted octanol–water partition coefficient (Wildman–Crippen LogP) is 2.20. The first kappa shape index (κ1) is 14.4. The van der Waals surface area contributed by atoms with Crippen LogP contribution in [0.2, 0.25) is 0 Å². The van der Waals surface area contributed by atoms with Crippen molar-refractivity contribution in [3.63, 3.8) is 0 Å². The number of rotatable bonds is 8. The van der Waals surface area contributed by atoms with Gasteiger partial charge in [-0.15, -0.1) is 0 Å². The molecule has 0 rings (SSSR count). The minimum absolute atomic E-state index is 0.0134. The number of hydrogen-bond acceptors (Lipinski definition) is 2. The summed E-state index contributed by atoms with van der Waals surface area (Å²) in [7, 11) is 0. The Morgan fingerprint density at radius 3 is 2.47 bits per heavy atom. The Kier molecular flexibility index (Phi) is 8.38. The van der Waals surface area contributed by atoms with Gasteiger partial charge in [-0.2, -0.15) is 0 Å². The maximum absolute atomic E-state index is 11.4. The Bertz CT molecular complexity index is 171. The minimum atomic E-state index is -0.344. The van der Waals surface area contributed by atoms with Gasteiger partial charge in [-0.3, -0.25) is 4.79 Å². The smallest absolute Gasteiger partial charge is 0.237 e. The molecule has 3 N–H and O–H groups in total. The van der Waals surface area contributed by atoms with E-state index in [1.54, 1.807) is 0 Å². The summed E-state index contributed by atoms with van der Waals surface area (Å²) in [6, 6.07) is -0.0879. The van der Waals surface area contributed by atoms with Crippen LogP contribution in [-0.4, -0.2) is 18.0 Å². The van der Waals surface area contributed by atoms with Crippen molar-refractivity contribution in [1.29, 1.82) is 0 Å². The molecule has 0 aromatic heterocycles. The van der Waals surface area contributed by atoms with E-state index in [-0.39, 0.29) is 18.0 Å². The minimum Gasteiger partial charge on any atom is -0.352 e. The first-order valence-corrected chi connectivity index (χ1v) is 6.17. The monoisotopic (exact) mass is 214 g/mol. The number of nitrogens with one attached hydrogen (secondary N) is 1. The lowest BCUT2D eigenvalue weighted by atomic mass is 10.1. The normalized spacial score (nSPS) is 14.7. The molecule has 3 heteroatoms. The first-order valence-electron chi connectivity index (χ1n) is 6.17. The third-order valence-corrected chi connectivity index (χ3v) is 2.66. The van der Waals surface area contributed by atoms with Crippen LogP contribution in [0.15, 0.2) is 0 Å². The topological polar surface area (TPSA) is 55.1 Å². The number of carbonyl (C=O) groups is 1. The van der Waals surface area contributed by atoms with Gasteiger partial charge in [-0.1, -0.05) is 39.5 Å². The van der Waals surface area contributed by atoms with Crippen molar-refractivity contribution in [3.05, 3.63) is 0 Å². The maximum Gasteiger partial charge on any atom is 0.237 e. The van der Waals surface area contributed by atoms with Gasteiger partial charge in [0.05, 0.1) is 6.04 Å². The van der Waals surface area contributed by atoms with Crippen LogP contribution >= 0.6 is 0 Å². The highest BCUT2D eigenvalue weighted by molar-refractivity contribution is 5.81. The van der Waals surface area contributed by atoms with Crippen LogP contribution in [0.4, 0.5) is 0 Å². The summed E-state index contributed by atoms with van der Waals surface area (Å²) in [6.07, 6.45) is 6.75. The largest absolute Gasteiger partial charge is 0.352 e. The van der Waals surface area contributed by atoms with Crippen molar-refractivity contribution < 1.29 is 4.79 Å². The standard InChI is InChI=1S/C12H26N2O/c1-4-6-7-8-9-10(3)14-12(15)11(13)5-2/h10-11H,4-9,13H2,1-3H3,(H,14,15)/t10?,11-/m0/s1. The van der Waals surface area contributed by atoms with Crippen molar-refractivity contribution in [1.82, 2.24) is 5.32 Å². The van der Waals surface area contributed by atoms with Gasteiger partial charge in [0.15, 0.2) is 0 Å². The number of amides is 1. The maximum atomic E-state index is 11.4. The quantitative estimate of drug-likeness (QED) is 0.609. The third kappa shape index (κ3) is 7.37. The van der Waals surface area contributed by atoms with Gasteiger partial charge in [0.25, 0.3) is 0 Å². The van der Waals surface area contributed by atoms with E-state index in [2.05, 4.69) is 12.2 Å². The zero-order valence-corrected chi connectivity index (χ0v) is 10.4. The average Bonchev–Trinajstić information content (AvgIpc) is 2.23. The molecule has 90 valence electrons. The van der Waals surface area contributed by atoms with Gasteiger partial charge in [0.2, 0.25) is 5.91 Å². The highest BCUT2D eigenvalue weighted by Gasteiger charge is 2.12. The fourth-order valence-electron chi connectivity index (χ4n) is 1.48. The van der Waals surface area contributed by atoms with Crippen LogP contribution in [0.5, 0.6) is 0 Å². The van der Waals surface area contributed by atoms with E-state index in [1.807, 2.05) is 13.8 Å². The molecule has 0 fully saturated rings. The molecule has 0 aromatic rings.